The molecule has 4 rings (SSSR count). The van der Waals surface area contributed by atoms with Crippen molar-refractivity contribution in [1.29, 1.82) is 0 Å². The summed E-state index contributed by atoms with van der Waals surface area (Å²) in [6, 6.07) is 3.09. The fourth-order valence-electron chi connectivity index (χ4n) is 4.77. The largest absolute Gasteiger partial charge is 0.480 e. The number of aliphatic carboxylic acids is 1. The lowest BCUT2D eigenvalue weighted by atomic mass is 9.96. The third-order valence-electron chi connectivity index (χ3n) is 7.45. The number of hydrogen-bond acceptors (Lipinski definition) is 7. The summed E-state index contributed by atoms with van der Waals surface area (Å²) in [7, 11) is 0. The first-order valence-corrected chi connectivity index (χ1v) is 14.0. The van der Waals surface area contributed by atoms with E-state index >= 15 is 0 Å². The van der Waals surface area contributed by atoms with Crippen LogP contribution in [0.25, 0.3) is 10.9 Å². The van der Waals surface area contributed by atoms with Gasteiger partial charge in [-0.1, -0.05) is 38.5 Å². The van der Waals surface area contributed by atoms with Gasteiger partial charge in [0.05, 0.1) is 18.7 Å². The van der Waals surface area contributed by atoms with Crippen LogP contribution in [0.3, 0.4) is 0 Å². The zero-order valence-electron chi connectivity index (χ0n) is 24.0. The van der Waals surface area contributed by atoms with Crippen molar-refractivity contribution in [2.75, 3.05) is 0 Å². The highest BCUT2D eigenvalue weighted by Crippen LogP contribution is 2.19. The average molecular weight is 592 g/mol. The Morgan fingerprint density at radius 2 is 1.51 bits per heavy atom. The highest BCUT2D eigenvalue weighted by atomic mass is 16.4. The molecule has 43 heavy (non-hydrogen) atoms. The Bertz CT molecular complexity index is 1520. The van der Waals surface area contributed by atoms with E-state index in [-0.39, 0.29) is 25.2 Å². The van der Waals surface area contributed by atoms with Gasteiger partial charge in [0.2, 0.25) is 17.7 Å². The molecule has 0 radical (unpaired) electrons. The van der Waals surface area contributed by atoms with Gasteiger partial charge in [0.15, 0.2) is 0 Å². The topological polar surface area (TPSA) is 224 Å². The summed E-state index contributed by atoms with van der Waals surface area (Å²) in [5.41, 5.74) is 8.88. The molecule has 0 bridgehead atoms. The molecule has 5 unspecified atom stereocenters. The number of carbonyl (C=O) groups excluding carboxylic acids is 3. The third-order valence-corrected chi connectivity index (χ3v) is 7.45. The van der Waals surface area contributed by atoms with E-state index < -0.39 is 47.9 Å². The minimum atomic E-state index is -1.27. The van der Waals surface area contributed by atoms with E-state index in [1.54, 1.807) is 19.3 Å². The number of imidazole rings is 2. The zero-order chi connectivity index (χ0) is 30.9. The van der Waals surface area contributed by atoms with E-state index in [9.17, 15) is 24.3 Å². The van der Waals surface area contributed by atoms with E-state index in [4.69, 9.17) is 5.73 Å². The molecule has 0 aliphatic heterocycles. The smallest absolute Gasteiger partial charge is 0.326 e. The molecule has 3 aromatic heterocycles. The van der Waals surface area contributed by atoms with Gasteiger partial charge in [-0.15, -0.1) is 0 Å². The van der Waals surface area contributed by atoms with Gasteiger partial charge in [-0.3, -0.25) is 14.4 Å². The predicted molar refractivity (Wildman–Crippen MR) is 157 cm³/mol. The van der Waals surface area contributed by atoms with Crippen LogP contribution in [0.5, 0.6) is 0 Å². The molecule has 0 spiro atoms. The van der Waals surface area contributed by atoms with Crippen LogP contribution in [0.4, 0.5) is 0 Å². The fourth-order valence-corrected chi connectivity index (χ4v) is 4.77. The second-order valence-corrected chi connectivity index (χ2v) is 10.6. The molecule has 9 N–H and O–H groups in total. The number of aromatic amines is 3. The first-order chi connectivity index (χ1) is 20.7. The monoisotopic (exact) mass is 591 g/mol. The van der Waals surface area contributed by atoms with Gasteiger partial charge in [0.1, 0.15) is 18.1 Å². The van der Waals surface area contributed by atoms with Gasteiger partial charge in [0, 0.05) is 60.1 Å². The van der Waals surface area contributed by atoms with Crippen LogP contribution in [0.15, 0.2) is 55.5 Å². The number of rotatable bonds is 15. The minimum absolute atomic E-state index is 0.0114. The van der Waals surface area contributed by atoms with Gasteiger partial charge in [-0.2, -0.15) is 0 Å². The number of fused-ring (bicyclic) bond motifs is 1. The van der Waals surface area contributed by atoms with Crippen LogP contribution in [0.2, 0.25) is 0 Å². The zero-order valence-corrected chi connectivity index (χ0v) is 24.0. The first kappa shape index (κ1) is 31.0. The van der Waals surface area contributed by atoms with E-state index in [0.29, 0.717) is 17.8 Å². The van der Waals surface area contributed by atoms with Crippen molar-refractivity contribution in [3.8, 4) is 0 Å². The summed E-state index contributed by atoms with van der Waals surface area (Å²) in [4.78, 5) is 69.0. The lowest BCUT2D eigenvalue weighted by Gasteiger charge is -2.28. The molecule has 0 fully saturated rings. The molecule has 228 valence electrons. The van der Waals surface area contributed by atoms with Crippen molar-refractivity contribution >= 4 is 34.6 Å². The van der Waals surface area contributed by atoms with Crippen LogP contribution >= 0.6 is 0 Å². The van der Waals surface area contributed by atoms with E-state index in [2.05, 4.69) is 40.9 Å². The summed E-state index contributed by atoms with van der Waals surface area (Å²) < 4.78 is 0. The second kappa shape index (κ2) is 14.3. The molecule has 5 atom stereocenters. The Morgan fingerprint density at radius 1 is 0.860 bits per heavy atom. The minimum Gasteiger partial charge on any atom is -0.480 e. The van der Waals surface area contributed by atoms with Crippen molar-refractivity contribution in [2.24, 2.45) is 11.7 Å². The average Bonchev–Trinajstić information content (AvgIpc) is 3.78. The molecule has 1 aromatic carbocycles. The number of nitrogens with zero attached hydrogens (tertiary/aromatic N) is 2. The van der Waals surface area contributed by atoms with Crippen molar-refractivity contribution in [1.82, 2.24) is 40.9 Å². The fraction of sp³-hybridized carbons (Fsp3) is 0.379. The molecule has 14 nitrogen and oxygen atoms in total. The SMILES string of the molecule is CCC(C)C(NC(=O)C(N)Cc1cnc[nH]1)C(=O)NC(Cc1cnc[nH]1)C(=O)NC(Cc1c[nH]c2ccccc12)C(=O)O. The normalized spacial score (nSPS) is 14.8. The molecule has 14 heteroatoms. The van der Waals surface area contributed by atoms with E-state index in [1.165, 1.54) is 18.9 Å². The van der Waals surface area contributed by atoms with Crippen molar-refractivity contribution < 1.29 is 24.3 Å². The number of carbonyl (C=O) groups is 4. The summed E-state index contributed by atoms with van der Waals surface area (Å²) in [6.07, 6.45) is 8.49. The number of H-pyrrole nitrogens is 3. The van der Waals surface area contributed by atoms with Crippen LogP contribution in [-0.4, -0.2) is 77.9 Å². The number of para-hydroxylation sites is 1. The Labute approximate surface area is 247 Å². The number of nitrogens with two attached hydrogens (primary N) is 1. The summed E-state index contributed by atoms with van der Waals surface area (Å²) in [5, 5.41) is 18.8. The van der Waals surface area contributed by atoms with Crippen LogP contribution < -0.4 is 21.7 Å². The molecular formula is C29H37N9O5. The quantitative estimate of drug-likeness (QED) is 0.0972. The van der Waals surface area contributed by atoms with Gasteiger partial charge in [0.25, 0.3) is 0 Å². The van der Waals surface area contributed by atoms with Gasteiger partial charge < -0.3 is 41.7 Å². The van der Waals surface area contributed by atoms with Gasteiger partial charge >= 0.3 is 5.97 Å². The molecule has 4 aromatic rings. The number of amides is 3. The van der Waals surface area contributed by atoms with Crippen LogP contribution in [0.1, 0.15) is 37.2 Å². The standard InChI is InChI=1S/C29H37N9O5/c1-3-16(2)25(38-26(39)21(30)9-18-12-31-14-34-18)28(41)36-23(10-19-13-32-15-35-19)27(40)37-24(29(42)43)8-17-11-33-22-7-5-4-6-20(17)22/h4-7,11-16,21,23-25,33H,3,8-10,30H2,1-2H3,(H,31,34)(H,32,35)(H,36,41)(H,37,40)(H,38,39)(H,42,43). The maximum absolute atomic E-state index is 13.6. The molecule has 0 saturated heterocycles. The number of benzene rings is 1. The summed E-state index contributed by atoms with van der Waals surface area (Å²) in [5.74, 6) is -3.34. The number of aromatic nitrogens is 5. The molecule has 0 aliphatic rings. The highest BCUT2D eigenvalue weighted by Gasteiger charge is 2.33. The maximum Gasteiger partial charge on any atom is 0.326 e. The Kier molecular flexibility index (Phi) is 10.3. The maximum atomic E-state index is 13.6. The molecule has 0 saturated carbocycles. The number of carboxylic acid groups (broad SMARTS) is 1. The Morgan fingerprint density at radius 3 is 2.14 bits per heavy atom. The molecule has 0 aliphatic carbocycles. The lowest BCUT2D eigenvalue weighted by Crippen LogP contribution is -2.59. The predicted octanol–water partition coefficient (Wildman–Crippen LogP) is 0.554. The molecular weight excluding hydrogens is 554 g/mol. The van der Waals surface area contributed by atoms with E-state index in [1.807, 2.05) is 31.2 Å². The first-order valence-electron chi connectivity index (χ1n) is 14.0. The van der Waals surface area contributed by atoms with Crippen molar-refractivity contribution in [3.05, 3.63) is 72.5 Å². The van der Waals surface area contributed by atoms with E-state index in [0.717, 1.165) is 16.5 Å². The summed E-state index contributed by atoms with van der Waals surface area (Å²) in [6.45, 7) is 3.68. The third kappa shape index (κ3) is 8.07. The van der Waals surface area contributed by atoms with Gasteiger partial charge in [-0.05, 0) is 17.5 Å². The number of hydrogen-bond donors (Lipinski definition) is 8. The second-order valence-electron chi connectivity index (χ2n) is 10.6. The van der Waals surface area contributed by atoms with Crippen molar-refractivity contribution in [2.45, 2.75) is 63.7 Å². The number of nitrogens with one attached hydrogen (secondary N) is 6. The number of carboxylic acids is 1. The molecule has 3 amide bonds. The molecule has 3 heterocycles. The van der Waals surface area contributed by atoms with Crippen molar-refractivity contribution in [3.63, 3.8) is 0 Å². The van der Waals surface area contributed by atoms with Crippen LogP contribution in [-0.2, 0) is 38.4 Å². The Hall–Kier alpha value is -4.98. The van der Waals surface area contributed by atoms with Crippen LogP contribution in [0, 0.1) is 5.92 Å². The Balaban J connectivity index is 1.49. The summed E-state index contributed by atoms with van der Waals surface area (Å²) >= 11 is 0. The lowest BCUT2D eigenvalue weighted by molar-refractivity contribution is -0.142. The van der Waals surface area contributed by atoms with Gasteiger partial charge in [-0.25, -0.2) is 14.8 Å². The highest BCUT2D eigenvalue weighted by molar-refractivity contribution is 5.94.